The van der Waals surface area contributed by atoms with E-state index in [1.165, 1.54) is 6.26 Å². The second-order valence-corrected chi connectivity index (χ2v) is 6.56. The number of furan rings is 1. The maximum atomic E-state index is 12.5. The van der Waals surface area contributed by atoms with Crippen molar-refractivity contribution in [2.75, 3.05) is 5.32 Å². The normalized spacial score (nSPS) is 11.8. The Bertz CT molecular complexity index is 1120. The fourth-order valence-electron chi connectivity index (χ4n) is 2.60. The maximum Gasteiger partial charge on any atom is 0.283 e. The quantitative estimate of drug-likeness (QED) is 0.479. The lowest BCUT2D eigenvalue weighted by molar-refractivity contribution is -0.122. The standard InChI is InChI=1S/C21H16ClN3O4/c1-13(28-17-9-3-2-8-16(17)22)19(26)23-15-7-4-6-14(12-15)20-24-25-21(29-20)18-10-5-11-27-18/h2-13H,1H3,(H,23,26). The molecule has 2 aromatic heterocycles. The van der Waals surface area contributed by atoms with Gasteiger partial charge in [0.1, 0.15) is 5.75 Å². The minimum atomic E-state index is -0.743. The molecular weight excluding hydrogens is 394 g/mol. The van der Waals surface area contributed by atoms with Crippen molar-refractivity contribution in [2.45, 2.75) is 13.0 Å². The smallest absolute Gasteiger partial charge is 0.283 e. The Morgan fingerprint density at radius 3 is 2.69 bits per heavy atom. The van der Waals surface area contributed by atoms with E-state index >= 15 is 0 Å². The number of halogens is 1. The third kappa shape index (κ3) is 4.30. The Morgan fingerprint density at radius 1 is 1.07 bits per heavy atom. The number of nitrogens with zero attached hydrogens (tertiary/aromatic N) is 2. The van der Waals surface area contributed by atoms with E-state index < -0.39 is 6.10 Å². The van der Waals surface area contributed by atoms with Gasteiger partial charge in [0.25, 0.3) is 11.8 Å². The minimum Gasteiger partial charge on any atom is -0.479 e. The van der Waals surface area contributed by atoms with Crippen molar-refractivity contribution in [1.29, 1.82) is 0 Å². The van der Waals surface area contributed by atoms with Gasteiger partial charge in [-0.2, -0.15) is 0 Å². The maximum absolute atomic E-state index is 12.5. The van der Waals surface area contributed by atoms with Crippen molar-refractivity contribution in [3.8, 4) is 28.9 Å². The van der Waals surface area contributed by atoms with Gasteiger partial charge in [-0.15, -0.1) is 10.2 Å². The van der Waals surface area contributed by atoms with Crippen molar-refractivity contribution < 1.29 is 18.4 Å². The highest BCUT2D eigenvalue weighted by Gasteiger charge is 2.17. The van der Waals surface area contributed by atoms with Crippen LogP contribution in [-0.4, -0.2) is 22.2 Å². The number of rotatable bonds is 6. The summed E-state index contributed by atoms with van der Waals surface area (Å²) in [5.41, 5.74) is 1.23. The number of carbonyl (C=O) groups excluding carboxylic acids is 1. The third-order valence-corrected chi connectivity index (χ3v) is 4.36. The Labute approximate surface area is 171 Å². The number of anilines is 1. The average molecular weight is 410 g/mol. The molecule has 0 saturated heterocycles. The highest BCUT2D eigenvalue weighted by molar-refractivity contribution is 6.32. The summed E-state index contributed by atoms with van der Waals surface area (Å²) in [4.78, 5) is 12.5. The highest BCUT2D eigenvalue weighted by atomic mass is 35.5. The molecule has 4 rings (SSSR count). The summed E-state index contributed by atoms with van der Waals surface area (Å²) in [7, 11) is 0. The number of ether oxygens (including phenoxy) is 1. The molecule has 0 spiro atoms. The number of nitrogens with one attached hydrogen (secondary N) is 1. The average Bonchev–Trinajstić information content (AvgIpc) is 3.41. The molecule has 0 aliphatic rings. The molecule has 146 valence electrons. The lowest BCUT2D eigenvalue weighted by Crippen LogP contribution is -2.30. The van der Waals surface area contributed by atoms with Crippen LogP contribution in [0.4, 0.5) is 5.69 Å². The van der Waals surface area contributed by atoms with Crippen molar-refractivity contribution in [3.05, 3.63) is 71.9 Å². The molecule has 29 heavy (non-hydrogen) atoms. The van der Waals surface area contributed by atoms with Crippen LogP contribution in [0.5, 0.6) is 5.75 Å². The molecule has 2 aromatic carbocycles. The first-order valence-corrected chi connectivity index (χ1v) is 9.18. The summed E-state index contributed by atoms with van der Waals surface area (Å²) in [6.45, 7) is 1.65. The molecule has 1 N–H and O–H groups in total. The van der Waals surface area contributed by atoms with Gasteiger partial charge in [-0.25, -0.2) is 0 Å². The Hall–Kier alpha value is -3.58. The van der Waals surface area contributed by atoms with Gasteiger partial charge < -0.3 is 18.9 Å². The fraction of sp³-hybridized carbons (Fsp3) is 0.0952. The summed E-state index contributed by atoms with van der Waals surface area (Å²) < 4.78 is 16.5. The molecule has 1 unspecified atom stereocenters. The van der Waals surface area contributed by atoms with E-state index in [4.69, 9.17) is 25.2 Å². The summed E-state index contributed by atoms with van der Waals surface area (Å²) in [5, 5.41) is 11.3. The van der Waals surface area contributed by atoms with Gasteiger partial charge >= 0.3 is 0 Å². The van der Waals surface area contributed by atoms with Crippen LogP contribution in [0.2, 0.25) is 5.02 Å². The molecule has 8 heteroatoms. The topological polar surface area (TPSA) is 90.4 Å². The van der Waals surface area contributed by atoms with E-state index in [1.54, 1.807) is 67.6 Å². The predicted molar refractivity (Wildman–Crippen MR) is 108 cm³/mol. The number of benzene rings is 2. The van der Waals surface area contributed by atoms with Gasteiger partial charge in [0, 0.05) is 11.3 Å². The second-order valence-electron chi connectivity index (χ2n) is 6.15. The molecule has 2 heterocycles. The van der Waals surface area contributed by atoms with Crippen LogP contribution in [0.1, 0.15) is 6.92 Å². The molecule has 0 fully saturated rings. The van der Waals surface area contributed by atoms with E-state index in [2.05, 4.69) is 15.5 Å². The molecule has 0 aliphatic heterocycles. The van der Waals surface area contributed by atoms with Crippen molar-refractivity contribution >= 4 is 23.2 Å². The van der Waals surface area contributed by atoms with E-state index in [0.717, 1.165) is 0 Å². The second kappa shape index (κ2) is 8.20. The Morgan fingerprint density at radius 2 is 1.90 bits per heavy atom. The molecule has 1 atom stereocenters. The van der Waals surface area contributed by atoms with Crippen LogP contribution in [-0.2, 0) is 4.79 Å². The zero-order valence-electron chi connectivity index (χ0n) is 15.3. The van der Waals surface area contributed by atoms with Crippen molar-refractivity contribution in [2.24, 2.45) is 0 Å². The van der Waals surface area contributed by atoms with Crippen LogP contribution in [0, 0.1) is 0 Å². The monoisotopic (exact) mass is 409 g/mol. The minimum absolute atomic E-state index is 0.279. The lowest BCUT2D eigenvalue weighted by atomic mass is 10.2. The van der Waals surface area contributed by atoms with E-state index in [-0.39, 0.29) is 11.8 Å². The predicted octanol–water partition coefficient (Wildman–Crippen LogP) is 5.06. The van der Waals surface area contributed by atoms with Crippen LogP contribution in [0.15, 0.2) is 75.8 Å². The molecule has 4 aromatic rings. The summed E-state index contributed by atoms with van der Waals surface area (Å²) in [5.74, 6) is 1.21. The molecular formula is C21H16ClN3O4. The number of para-hydroxylation sites is 1. The van der Waals surface area contributed by atoms with Gasteiger partial charge in [-0.3, -0.25) is 4.79 Å². The van der Waals surface area contributed by atoms with Gasteiger partial charge in [0.05, 0.1) is 11.3 Å². The zero-order valence-corrected chi connectivity index (χ0v) is 16.1. The zero-order chi connectivity index (χ0) is 20.2. The first kappa shape index (κ1) is 18.8. The number of hydrogen-bond donors (Lipinski definition) is 1. The largest absolute Gasteiger partial charge is 0.479 e. The summed E-state index contributed by atoms with van der Waals surface area (Å²) in [6, 6.07) is 17.5. The van der Waals surface area contributed by atoms with Gasteiger partial charge in [0.15, 0.2) is 11.9 Å². The number of amides is 1. The molecule has 0 aliphatic carbocycles. The molecule has 7 nitrogen and oxygen atoms in total. The van der Waals surface area contributed by atoms with Crippen molar-refractivity contribution in [1.82, 2.24) is 10.2 Å². The molecule has 1 amide bonds. The molecule has 0 radical (unpaired) electrons. The van der Waals surface area contributed by atoms with E-state index in [1.807, 2.05) is 0 Å². The van der Waals surface area contributed by atoms with Gasteiger partial charge in [-0.05, 0) is 49.4 Å². The number of carbonyl (C=O) groups is 1. The summed E-state index contributed by atoms with van der Waals surface area (Å²) >= 11 is 6.07. The SMILES string of the molecule is CC(Oc1ccccc1Cl)C(=O)Nc1cccc(-c2nnc(-c3ccco3)o2)c1. The van der Waals surface area contributed by atoms with Gasteiger partial charge in [-0.1, -0.05) is 29.8 Å². The Balaban J connectivity index is 1.46. The number of hydrogen-bond acceptors (Lipinski definition) is 6. The molecule has 0 saturated carbocycles. The Kier molecular flexibility index (Phi) is 5.31. The highest BCUT2D eigenvalue weighted by Crippen LogP contribution is 2.27. The van der Waals surface area contributed by atoms with Crippen molar-refractivity contribution in [3.63, 3.8) is 0 Å². The first-order valence-electron chi connectivity index (χ1n) is 8.80. The first-order chi connectivity index (χ1) is 14.1. The van der Waals surface area contributed by atoms with Crippen LogP contribution in [0.3, 0.4) is 0 Å². The van der Waals surface area contributed by atoms with E-state index in [0.29, 0.717) is 33.7 Å². The summed E-state index contributed by atoms with van der Waals surface area (Å²) in [6.07, 6.45) is 0.786. The van der Waals surface area contributed by atoms with Crippen LogP contribution in [0.25, 0.3) is 23.1 Å². The number of aromatic nitrogens is 2. The van der Waals surface area contributed by atoms with Crippen LogP contribution < -0.4 is 10.1 Å². The third-order valence-electron chi connectivity index (χ3n) is 4.04. The van der Waals surface area contributed by atoms with Gasteiger partial charge in [0.2, 0.25) is 5.89 Å². The van der Waals surface area contributed by atoms with Crippen LogP contribution >= 0.6 is 11.6 Å². The lowest BCUT2D eigenvalue weighted by Gasteiger charge is -2.15. The fourth-order valence-corrected chi connectivity index (χ4v) is 2.78. The molecule has 0 bridgehead atoms. The van der Waals surface area contributed by atoms with E-state index in [9.17, 15) is 4.79 Å².